The van der Waals surface area contributed by atoms with Gasteiger partial charge in [0.05, 0.1) is 16.8 Å². The summed E-state index contributed by atoms with van der Waals surface area (Å²) in [6, 6.07) is 4.42. The van der Waals surface area contributed by atoms with E-state index in [0.717, 1.165) is 63.4 Å². The summed E-state index contributed by atoms with van der Waals surface area (Å²) in [6.45, 7) is 8.77. The number of rotatable bonds is 6. The van der Waals surface area contributed by atoms with Gasteiger partial charge >= 0.3 is 0 Å². The number of aromatic nitrogens is 1. The van der Waals surface area contributed by atoms with Crippen LogP contribution in [-0.2, 0) is 9.59 Å². The molecule has 9 heteroatoms. The molecule has 168 valence electrons. The normalized spacial score (nSPS) is 19.1. The van der Waals surface area contributed by atoms with E-state index < -0.39 is 0 Å². The molecule has 2 fully saturated rings. The van der Waals surface area contributed by atoms with E-state index in [1.165, 1.54) is 23.5 Å². The minimum absolute atomic E-state index is 0.108. The maximum atomic E-state index is 13.3. The molecule has 2 saturated heterocycles. The fraction of sp³-hybridized carbons (Fsp3) is 0.591. The number of nitrogens with one attached hydrogen (secondary N) is 1. The molecule has 3 heterocycles. The number of anilines is 1. The topological polar surface area (TPSA) is 68.8 Å². The average molecular weight is 448 g/mol. The van der Waals surface area contributed by atoms with Gasteiger partial charge in [-0.25, -0.2) is 9.37 Å². The Morgan fingerprint density at radius 2 is 1.87 bits per heavy atom. The van der Waals surface area contributed by atoms with E-state index >= 15 is 0 Å². The second-order valence-electron chi connectivity index (χ2n) is 8.42. The standard InChI is InChI=1S/C22H30FN5O2S/c1-2-26-9-11-28(12-10-26)21(30)13-16-5-7-27(8-6-16)15-20(29)25-22-24-18-4-3-17(23)14-19(18)31-22/h3-4,14,16H,2,5-13,15H2,1H3,(H,24,25,29). The summed E-state index contributed by atoms with van der Waals surface area (Å²) in [4.78, 5) is 35.9. The number of likely N-dealkylation sites (tertiary alicyclic amines) is 1. The van der Waals surface area contributed by atoms with Gasteiger partial charge < -0.3 is 15.1 Å². The van der Waals surface area contributed by atoms with Gasteiger partial charge in [-0.2, -0.15) is 0 Å². The van der Waals surface area contributed by atoms with Crippen LogP contribution in [0.5, 0.6) is 0 Å². The van der Waals surface area contributed by atoms with Crippen molar-refractivity contribution in [2.75, 3.05) is 57.7 Å². The average Bonchev–Trinajstić information content (AvgIpc) is 3.16. The molecule has 7 nitrogen and oxygen atoms in total. The summed E-state index contributed by atoms with van der Waals surface area (Å²) in [5.74, 6) is 0.260. The van der Waals surface area contributed by atoms with E-state index in [1.807, 2.05) is 4.90 Å². The number of hydrogen-bond donors (Lipinski definition) is 1. The molecule has 1 N–H and O–H groups in total. The molecule has 2 amide bonds. The summed E-state index contributed by atoms with van der Waals surface area (Å²) < 4.78 is 14.0. The van der Waals surface area contributed by atoms with Gasteiger partial charge in [0, 0.05) is 32.6 Å². The minimum atomic E-state index is -0.307. The van der Waals surface area contributed by atoms with Crippen LogP contribution in [0.15, 0.2) is 18.2 Å². The van der Waals surface area contributed by atoms with Crippen molar-refractivity contribution in [3.8, 4) is 0 Å². The maximum Gasteiger partial charge on any atom is 0.240 e. The van der Waals surface area contributed by atoms with Crippen molar-refractivity contribution in [2.45, 2.75) is 26.2 Å². The first-order chi connectivity index (χ1) is 15.0. The third kappa shape index (κ3) is 5.78. The van der Waals surface area contributed by atoms with Crippen molar-refractivity contribution in [3.63, 3.8) is 0 Å². The van der Waals surface area contributed by atoms with Crippen molar-refractivity contribution < 1.29 is 14.0 Å². The summed E-state index contributed by atoms with van der Waals surface area (Å²) in [5, 5.41) is 3.33. The lowest BCUT2D eigenvalue weighted by molar-refractivity contribution is -0.134. The number of fused-ring (bicyclic) bond motifs is 1. The van der Waals surface area contributed by atoms with Gasteiger partial charge in [-0.1, -0.05) is 18.3 Å². The van der Waals surface area contributed by atoms with Crippen LogP contribution in [0, 0.1) is 11.7 Å². The molecule has 1 aromatic carbocycles. The predicted molar refractivity (Wildman–Crippen MR) is 121 cm³/mol. The highest BCUT2D eigenvalue weighted by atomic mass is 32.1. The molecule has 31 heavy (non-hydrogen) atoms. The van der Waals surface area contributed by atoms with Crippen molar-refractivity contribution in [3.05, 3.63) is 24.0 Å². The summed E-state index contributed by atoms with van der Waals surface area (Å²) in [7, 11) is 0. The fourth-order valence-electron chi connectivity index (χ4n) is 4.35. The lowest BCUT2D eigenvalue weighted by Crippen LogP contribution is -2.49. The smallest absolute Gasteiger partial charge is 0.240 e. The zero-order valence-electron chi connectivity index (χ0n) is 18.0. The number of thiazole rings is 1. The van der Waals surface area contributed by atoms with Crippen LogP contribution in [0.25, 0.3) is 10.2 Å². The molecule has 1 aromatic heterocycles. The Bertz CT molecular complexity index is 920. The van der Waals surface area contributed by atoms with E-state index in [4.69, 9.17) is 0 Å². The lowest BCUT2D eigenvalue weighted by Gasteiger charge is -2.36. The van der Waals surface area contributed by atoms with Crippen LogP contribution in [0.3, 0.4) is 0 Å². The largest absolute Gasteiger partial charge is 0.340 e. The Kier molecular flexibility index (Phi) is 7.14. The van der Waals surface area contributed by atoms with E-state index in [-0.39, 0.29) is 17.6 Å². The molecule has 2 aromatic rings. The van der Waals surface area contributed by atoms with Crippen LogP contribution in [0.1, 0.15) is 26.2 Å². The second kappa shape index (κ2) is 10.0. The van der Waals surface area contributed by atoms with E-state index in [2.05, 4.69) is 27.0 Å². The highest BCUT2D eigenvalue weighted by Gasteiger charge is 2.26. The van der Waals surface area contributed by atoms with Crippen molar-refractivity contribution >= 4 is 38.5 Å². The number of benzene rings is 1. The van der Waals surface area contributed by atoms with Gasteiger partial charge in [0.1, 0.15) is 5.82 Å². The quantitative estimate of drug-likeness (QED) is 0.737. The SMILES string of the molecule is CCN1CCN(C(=O)CC2CCN(CC(=O)Nc3nc4ccc(F)cc4s3)CC2)CC1. The molecule has 4 rings (SSSR count). The molecule has 0 spiro atoms. The highest BCUT2D eigenvalue weighted by molar-refractivity contribution is 7.22. The van der Waals surface area contributed by atoms with Gasteiger partial charge in [0.25, 0.3) is 0 Å². The van der Waals surface area contributed by atoms with Crippen LogP contribution in [0.2, 0.25) is 0 Å². The van der Waals surface area contributed by atoms with Gasteiger partial charge in [0.2, 0.25) is 11.8 Å². The van der Waals surface area contributed by atoms with Crippen molar-refractivity contribution in [1.82, 2.24) is 19.7 Å². The Balaban J connectivity index is 1.19. The predicted octanol–water partition coefficient (Wildman–Crippen LogP) is 2.64. The number of likely N-dealkylation sites (N-methyl/N-ethyl adjacent to an activating group) is 1. The van der Waals surface area contributed by atoms with E-state index in [1.54, 1.807) is 6.07 Å². The highest BCUT2D eigenvalue weighted by Crippen LogP contribution is 2.27. The Hall–Kier alpha value is -2.10. The van der Waals surface area contributed by atoms with Crippen LogP contribution < -0.4 is 5.32 Å². The molecule has 0 radical (unpaired) electrons. The fourth-order valence-corrected chi connectivity index (χ4v) is 5.26. The third-order valence-corrected chi connectivity index (χ3v) is 7.24. The Morgan fingerprint density at radius 1 is 1.13 bits per heavy atom. The summed E-state index contributed by atoms with van der Waals surface area (Å²) in [5.41, 5.74) is 0.684. The Morgan fingerprint density at radius 3 is 2.58 bits per heavy atom. The number of piperazine rings is 1. The monoisotopic (exact) mass is 447 g/mol. The van der Waals surface area contributed by atoms with Crippen LogP contribution >= 0.6 is 11.3 Å². The van der Waals surface area contributed by atoms with Gasteiger partial charge in [-0.3, -0.25) is 14.5 Å². The number of halogens is 1. The number of carbonyl (C=O) groups is 2. The van der Waals surface area contributed by atoms with E-state index in [0.29, 0.717) is 29.5 Å². The first kappa shape index (κ1) is 22.1. The second-order valence-corrected chi connectivity index (χ2v) is 9.45. The number of carbonyl (C=O) groups excluding carboxylic acids is 2. The van der Waals surface area contributed by atoms with Crippen LogP contribution in [0.4, 0.5) is 9.52 Å². The van der Waals surface area contributed by atoms with Gasteiger partial charge in [0.15, 0.2) is 5.13 Å². The number of amides is 2. The lowest BCUT2D eigenvalue weighted by atomic mass is 9.93. The molecule has 0 unspecified atom stereocenters. The zero-order valence-corrected chi connectivity index (χ0v) is 18.8. The Labute approximate surface area is 186 Å². The number of piperidine rings is 1. The summed E-state index contributed by atoms with van der Waals surface area (Å²) >= 11 is 1.28. The third-order valence-electron chi connectivity index (χ3n) is 6.31. The summed E-state index contributed by atoms with van der Waals surface area (Å²) in [6.07, 6.45) is 2.50. The van der Waals surface area contributed by atoms with Crippen molar-refractivity contribution in [1.29, 1.82) is 0 Å². The van der Waals surface area contributed by atoms with E-state index in [9.17, 15) is 14.0 Å². The molecular weight excluding hydrogens is 417 g/mol. The molecule has 0 bridgehead atoms. The maximum absolute atomic E-state index is 13.3. The molecule has 0 aliphatic carbocycles. The molecule has 0 atom stereocenters. The molecule has 2 aliphatic rings. The first-order valence-corrected chi connectivity index (χ1v) is 11.9. The first-order valence-electron chi connectivity index (χ1n) is 11.1. The van der Waals surface area contributed by atoms with Gasteiger partial charge in [-0.15, -0.1) is 0 Å². The van der Waals surface area contributed by atoms with Crippen molar-refractivity contribution in [2.24, 2.45) is 5.92 Å². The zero-order chi connectivity index (χ0) is 21.8. The molecule has 2 aliphatic heterocycles. The molecular formula is C22H30FN5O2S. The number of hydrogen-bond acceptors (Lipinski definition) is 6. The molecule has 0 saturated carbocycles. The minimum Gasteiger partial charge on any atom is -0.340 e. The van der Waals surface area contributed by atoms with Crippen LogP contribution in [-0.4, -0.2) is 83.9 Å². The van der Waals surface area contributed by atoms with Gasteiger partial charge in [-0.05, 0) is 56.6 Å². The number of nitrogens with zero attached hydrogens (tertiary/aromatic N) is 4.